The normalized spacial score (nSPS) is 16.2. The number of H-pyrrole nitrogens is 1. The van der Waals surface area contributed by atoms with Gasteiger partial charge in [0.05, 0.1) is 10.5 Å². The molecular formula is C18H21F3N4O3S. The molecule has 1 aromatic heterocycles. The highest BCUT2D eigenvalue weighted by atomic mass is 32.2. The van der Waals surface area contributed by atoms with Crippen LogP contribution in [0, 0.1) is 0 Å². The fraction of sp³-hybridized carbons (Fsp3) is 0.444. The van der Waals surface area contributed by atoms with Gasteiger partial charge in [0.15, 0.2) is 0 Å². The molecule has 1 fully saturated rings. The van der Waals surface area contributed by atoms with Gasteiger partial charge in [-0.1, -0.05) is 19.4 Å². The molecule has 1 saturated heterocycles. The number of nitrogens with zero attached hydrogens (tertiary/aromatic N) is 3. The van der Waals surface area contributed by atoms with Gasteiger partial charge < -0.3 is 4.90 Å². The Morgan fingerprint density at radius 2 is 1.86 bits per heavy atom. The molecule has 0 aliphatic carbocycles. The van der Waals surface area contributed by atoms with Gasteiger partial charge in [-0.25, -0.2) is 8.42 Å². The van der Waals surface area contributed by atoms with E-state index in [1.807, 2.05) is 6.92 Å². The smallest absolute Gasteiger partial charge is 0.335 e. The summed E-state index contributed by atoms with van der Waals surface area (Å²) >= 11 is 0. The van der Waals surface area contributed by atoms with Gasteiger partial charge in [-0.2, -0.15) is 22.6 Å². The summed E-state index contributed by atoms with van der Waals surface area (Å²) in [5.74, 6) is -0.306. The van der Waals surface area contributed by atoms with Gasteiger partial charge in [-0.3, -0.25) is 9.89 Å². The average molecular weight is 430 g/mol. The fourth-order valence-electron chi connectivity index (χ4n) is 3.14. The molecule has 3 rings (SSSR count). The largest absolute Gasteiger partial charge is 0.416 e. The van der Waals surface area contributed by atoms with Gasteiger partial charge in [0.2, 0.25) is 10.0 Å². The Kier molecular flexibility index (Phi) is 5.99. The van der Waals surface area contributed by atoms with Crippen molar-refractivity contribution in [2.24, 2.45) is 0 Å². The van der Waals surface area contributed by atoms with E-state index in [2.05, 4.69) is 10.2 Å². The molecule has 0 unspecified atom stereocenters. The first-order valence-electron chi connectivity index (χ1n) is 9.14. The lowest BCUT2D eigenvalue weighted by molar-refractivity contribution is -0.137. The number of nitrogens with one attached hydrogen (secondary N) is 1. The van der Waals surface area contributed by atoms with E-state index < -0.39 is 26.7 Å². The molecule has 0 radical (unpaired) electrons. The second-order valence-electron chi connectivity index (χ2n) is 6.75. The zero-order chi connectivity index (χ0) is 21.2. The van der Waals surface area contributed by atoms with Gasteiger partial charge in [-0.15, -0.1) is 0 Å². The molecule has 1 aliphatic rings. The minimum atomic E-state index is -4.63. The SMILES string of the molecule is CCCc1cc(C(=O)N2CCN(S(=O)(=O)c3cccc(C(F)(F)F)c3)CC2)n[nH]1. The van der Waals surface area contributed by atoms with E-state index in [0.29, 0.717) is 6.07 Å². The number of sulfonamides is 1. The van der Waals surface area contributed by atoms with Crippen LogP contribution in [-0.4, -0.2) is 59.9 Å². The van der Waals surface area contributed by atoms with Crippen molar-refractivity contribution < 1.29 is 26.4 Å². The molecule has 7 nitrogen and oxygen atoms in total. The summed E-state index contributed by atoms with van der Waals surface area (Å²) in [6, 6.07) is 5.34. The van der Waals surface area contributed by atoms with Crippen molar-refractivity contribution in [2.75, 3.05) is 26.2 Å². The van der Waals surface area contributed by atoms with E-state index in [1.165, 1.54) is 4.90 Å². The zero-order valence-electron chi connectivity index (χ0n) is 15.7. The molecule has 0 bridgehead atoms. The maximum Gasteiger partial charge on any atom is 0.416 e. The van der Waals surface area contributed by atoms with Gasteiger partial charge in [0.25, 0.3) is 5.91 Å². The first-order chi connectivity index (χ1) is 13.6. The molecule has 0 atom stereocenters. The summed E-state index contributed by atoms with van der Waals surface area (Å²) in [7, 11) is -4.09. The predicted molar refractivity (Wildman–Crippen MR) is 98.7 cm³/mol. The van der Waals surface area contributed by atoms with E-state index in [-0.39, 0.29) is 37.8 Å². The Morgan fingerprint density at radius 3 is 2.48 bits per heavy atom. The number of benzene rings is 1. The van der Waals surface area contributed by atoms with E-state index in [0.717, 1.165) is 41.0 Å². The summed E-state index contributed by atoms with van der Waals surface area (Å²) in [6.07, 6.45) is -2.96. The highest BCUT2D eigenvalue weighted by Crippen LogP contribution is 2.31. The number of carbonyl (C=O) groups excluding carboxylic acids is 1. The second kappa shape index (κ2) is 8.15. The van der Waals surface area contributed by atoms with Crippen LogP contribution in [0.2, 0.25) is 0 Å². The van der Waals surface area contributed by atoms with Gasteiger partial charge in [0, 0.05) is 31.9 Å². The van der Waals surface area contributed by atoms with Crippen LogP contribution in [0.1, 0.15) is 35.1 Å². The third-order valence-corrected chi connectivity index (χ3v) is 6.59. The van der Waals surface area contributed by atoms with Crippen molar-refractivity contribution in [3.05, 3.63) is 47.3 Å². The van der Waals surface area contributed by atoms with E-state index in [9.17, 15) is 26.4 Å². The van der Waals surface area contributed by atoms with E-state index >= 15 is 0 Å². The van der Waals surface area contributed by atoms with Crippen LogP contribution in [0.15, 0.2) is 35.2 Å². The van der Waals surface area contributed by atoms with Crippen LogP contribution in [0.3, 0.4) is 0 Å². The molecular weight excluding hydrogens is 409 g/mol. The monoisotopic (exact) mass is 430 g/mol. The lowest BCUT2D eigenvalue weighted by Crippen LogP contribution is -2.50. The molecule has 0 spiro atoms. The lowest BCUT2D eigenvalue weighted by Gasteiger charge is -2.33. The minimum Gasteiger partial charge on any atom is -0.335 e. The molecule has 1 aromatic carbocycles. The maximum absolute atomic E-state index is 12.9. The third-order valence-electron chi connectivity index (χ3n) is 4.69. The lowest BCUT2D eigenvalue weighted by atomic mass is 10.2. The van der Waals surface area contributed by atoms with Crippen molar-refractivity contribution in [3.8, 4) is 0 Å². The number of rotatable bonds is 5. The second-order valence-corrected chi connectivity index (χ2v) is 8.69. The maximum atomic E-state index is 12.9. The number of amides is 1. The summed E-state index contributed by atoms with van der Waals surface area (Å²) in [5.41, 5.74) is 0.0954. The van der Waals surface area contributed by atoms with Crippen molar-refractivity contribution in [1.29, 1.82) is 0 Å². The van der Waals surface area contributed by atoms with Gasteiger partial charge in [0.1, 0.15) is 5.69 Å². The number of alkyl halides is 3. The number of aromatic amines is 1. The molecule has 2 aromatic rings. The Morgan fingerprint density at radius 1 is 1.17 bits per heavy atom. The first kappa shape index (κ1) is 21.3. The quantitative estimate of drug-likeness (QED) is 0.790. The highest BCUT2D eigenvalue weighted by Gasteiger charge is 2.34. The number of piperazine rings is 1. The minimum absolute atomic E-state index is 0.00341. The van der Waals surface area contributed by atoms with Crippen molar-refractivity contribution in [1.82, 2.24) is 19.4 Å². The van der Waals surface area contributed by atoms with Gasteiger partial charge >= 0.3 is 6.18 Å². The molecule has 29 heavy (non-hydrogen) atoms. The summed E-state index contributed by atoms with van der Waals surface area (Å²) in [6.45, 7) is 2.26. The standard InChI is InChI=1S/C18H21F3N4O3S/c1-2-4-14-12-16(23-22-14)17(26)24-7-9-25(10-8-24)29(27,28)15-6-3-5-13(11-15)18(19,20)21/h3,5-6,11-12H,2,4,7-10H2,1H3,(H,22,23). The van der Waals surface area contributed by atoms with Crippen LogP contribution in [0.4, 0.5) is 13.2 Å². The van der Waals surface area contributed by atoms with E-state index in [4.69, 9.17) is 0 Å². The molecule has 158 valence electrons. The van der Waals surface area contributed by atoms with E-state index in [1.54, 1.807) is 6.07 Å². The van der Waals surface area contributed by atoms with Crippen molar-refractivity contribution in [2.45, 2.75) is 30.8 Å². The number of hydrogen-bond acceptors (Lipinski definition) is 4. The number of aromatic nitrogens is 2. The fourth-order valence-corrected chi connectivity index (χ4v) is 4.61. The average Bonchev–Trinajstić information content (AvgIpc) is 3.16. The topological polar surface area (TPSA) is 86.4 Å². The Balaban J connectivity index is 1.69. The first-order valence-corrected chi connectivity index (χ1v) is 10.6. The zero-order valence-corrected chi connectivity index (χ0v) is 16.6. The van der Waals surface area contributed by atoms with Crippen LogP contribution in [-0.2, 0) is 22.6 Å². The van der Waals surface area contributed by atoms with Crippen molar-refractivity contribution >= 4 is 15.9 Å². The molecule has 1 amide bonds. The molecule has 2 heterocycles. The Labute approximate surface area is 166 Å². The summed E-state index contributed by atoms with van der Waals surface area (Å²) in [4.78, 5) is 13.6. The summed E-state index contributed by atoms with van der Waals surface area (Å²) in [5, 5.41) is 6.81. The van der Waals surface area contributed by atoms with Crippen LogP contribution < -0.4 is 0 Å². The third kappa shape index (κ3) is 4.61. The number of halogens is 3. The van der Waals surface area contributed by atoms with Crippen LogP contribution >= 0.6 is 0 Å². The summed E-state index contributed by atoms with van der Waals surface area (Å²) < 4.78 is 65.2. The molecule has 1 N–H and O–H groups in total. The van der Waals surface area contributed by atoms with Crippen LogP contribution in [0.5, 0.6) is 0 Å². The number of hydrogen-bond donors (Lipinski definition) is 1. The number of aryl methyl sites for hydroxylation is 1. The molecule has 1 aliphatic heterocycles. The molecule has 0 saturated carbocycles. The highest BCUT2D eigenvalue weighted by molar-refractivity contribution is 7.89. The number of carbonyl (C=O) groups is 1. The van der Waals surface area contributed by atoms with Crippen LogP contribution in [0.25, 0.3) is 0 Å². The Hall–Kier alpha value is -2.40. The van der Waals surface area contributed by atoms with Gasteiger partial charge in [-0.05, 0) is 30.7 Å². The predicted octanol–water partition coefficient (Wildman–Crippen LogP) is 2.53. The van der Waals surface area contributed by atoms with Crippen molar-refractivity contribution in [3.63, 3.8) is 0 Å². The Bertz CT molecular complexity index is 980. The molecule has 11 heteroatoms.